The Hall–Kier alpha value is -0.810. The fraction of sp³-hybridized carbons (Fsp3) is 0.400. The van der Waals surface area contributed by atoms with Gasteiger partial charge in [-0.25, -0.2) is 4.39 Å². The quantitative estimate of drug-likeness (QED) is 0.740. The molecule has 84 valence electrons. The van der Waals surface area contributed by atoms with Gasteiger partial charge in [0.2, 0.25) is 0 Å². The van der Waals surface area contributed by atoms with Crippen LogP contribution in [0.2, 0.25) is 0 Å². The standard InChI is InChI=1S/C10H14BrFN2O/c1-6(2-3-15)14-10-4-7(11)8(12)5-9(10)13/h4-6,14-15H,2-3,13H2,1H3. The summed E-state index contributed by atoms with van der Waals surface area (Å²) in [5, 5.41) is 11.8. The van der Waals surface area contributed by atoms with Crippen LogP contribution in [-0.4, -0.2) is 17.8 Å². The maximum Gasteiger partial charge on any atom is 0.139 e. The molecule has 0 heterocycles. The van der Waals surface area contributed by atoms with E-state index in [4.69, 9.17) is 10.8 Å². The summed E-state index contributed by atoms with van der Waals surface area (Å²) in [5.41, 5.74) is 6.68. The van der Waals surface area contributed by atoms with Crippen LogP contribution in [-0.2, 0) is 0 Å². The molecule has 0 saturated carbocycles. The molecule has 1 atom stereocenters. The average Bonchev–Trinajstić information content (AvgIpc) is 2.14. The first kappa shape index (κ1) is 12.3. The topological polar surface area (TPSA) is 58.3 Å². The molecule has 0 spiro atoms. The Bertz CT molecular complexity index is 346. The lowest BCUT2D eigenvalue weighted by molar-refractivity contribution is 0.282. The van der Waals surface area contributed by atoms with Crippen molar-refractivity contribution in [2.75, 3.05) is 17.7 Å². The number of hydrogen-bond donors (Lipinski definition) is 3. The Labute approximate surface area is 96.6 Å². The molecule has 5 heteroatoms. The van der Waals surface area contributed by atoms with Crippen molar-refractivity contribution in [2.45, 2.75) is 19.4 Å². The zero-order valence-corrected chi connectivity index (χ0v) is 10.0. The second-order valence-electron chi connectivity index (χ2n) is 3.41. The summed E-state index contributed by atoms with van der Waals surface area (Å²) in [6.45, 7) is 2.03. The Balaban J connectivity index is 2.81. The number of nitrogens with two attached hydrogens (primary N) is 1. The maximum absolute atomic E-state index is 13.1. The molecule has 0 aliphatic heterocycles. The van der Waals surface area contributed by atoms with Crippen LogP contribution >= 0.6 is 15.9 Å². The summed E-state index contributed by atoms with van der Waals surface area (Å²) in [6.07, 6.45) is 0.619. The van der Waals surface area contributed by atoms with Gasteiger partial charge in [-0.3, -0.25) is 0 Å². The largest absolute Gasteiger partial charge is 0.397 e. The van der Waals surface area contributed by atoms with Gasteiger partial charge in [-0.15, -0.1) is 0 Å². The molecule has 0 aliphatic rings. The molecule has 0 saturated heterocycles. The summed E-state index contributed by atoms with van der Waals surface area (Å²) in [7, 11) is 0. The first-order valence-corrected chi connectivity index (χ1v) is 5.45. The van der Waals surface area contributed by atoms with Gasteiger partial charge in [0, 0.05) is 18.7 Å². The molecule has 0 bridgehead atoms. The van der Waals surface area contributed by atoms with E-state index in [1.165, 1.54) is 6.07 Å². The van der Waals surface area contributed by atoms with Gasteiger partial charge in [0.25, 0.3) is 0 Å². The summed E-state index contributed by atoms with van der Waals surface area (Å²) in [6, 6.07) is 2.95. The molecule has 4 N–H and O–H groups in total. The number of nitrogen functional groups attached to an aromatic ring is 1. The van der Waals surface area contributed by atoms with Crippen LogP contribution in [0.3, 0.4) is 0 Å². The highest BCUT2D eigenvalue weighted by molar-refractivity contribution is 9.10. The van der Waals surface area contributed by atoms with Gasteiger partial charge in [-0.05, 0) is 35.3 Å². The Kier molecular flexibility index (Phi) is 4.35. The predicted molar refractivity (Wildman–Crippen MR) is 63.3 cm³/mol. The highest BCUT2D eigenvalue weighted by Gasteiger charge is 2.08. The van der Waals surface area contributed by atoms with Gasteiger partial charge < -0.3 is 16.2 Å². The zero-order chi connectivity index (χ0) is 11.4. The van der Waals surface area contributed by atoms with E-state index in [2.05, 4.69) is 21.2 Å². The van der Waals surface area contributed by atoms with E-state index in [0.717, 1.165) is 0 Å². The van der Waals surface area contributed by atoms with Crippen molar-refractivity contribution in [3.8, 4) is 0 Å². The SMILES string of the molecule is CC(CCO)Nc1cc(Br)c(F)cc1N. The maximum atomic E-state index is 13.1. The number of rotatable bonds is 4. The highest BCUT2D eigenvalue weighted by Crippen LogP contribution is 2.27. The van der Waals surface area contributed by atoms with Crippen LogP contribution in [0.15, 0.2) is 16.6 Å². The van der Waals surface area contributed by atoms with E-state index in [1.807, 2.05) is 6.92 Å². The third-order valence-electron chi connectivity index (χ3n) is 2.06. The van der Waals surface area contributed by atoms with Crippen molar-refractivity contribution in [2.24, 2.45) is 0 Å². The monoisotopic (exact) mass is 276 g/mol. The number of halogens is 2. The minimum absolute atomic E-state index is 0.0923. The van der Waals surface area contributed by atoms with Crippen molar-refractivity contribution < 1.29 is 9.50 Å². The van der Waals surface area contributed by atoms with E-state index < -0.39 is 0 Å². The molecule has 1 aromatic rings. The van der Waals surface area contributed by atoms with Gasteiger partial charge >= 0.3 is 0 Å². The predicted octanol–water partition coefficient (Wildman–Crippen LogP) is 2.35. The van der Waals surface area contributed by atoms with E-state index in [9.17, 15) is 4.39 Å². The summed E-state index contributed by atoms with van der Waals surface area (Å²) >= 11 is 3.09. The van der Waals surface area contributed by atoms with Crippen molar-refractivity contribution in [1.82, 2.24) is 0 Å². The lowest BCUT2D eigenvalue weighted by Crippen LogP contribution is -2.17. The third-order valence-corrected chi connectivity index (χ3v) is 2.66. The number of aliphatic hydroxyl groups excluding tert-OH is 1. The molecule has 0 aliphatic carbocycles. The summed E-state index contributed by atoms with van der Waals surface area (Å²) < 4.78 is 13.4. The molecule has 0 radical (unpaired) electrons. The first-order chi connectivity index (χ1) is 7.04. The summed E-state index contributed by atoms with van der Waals surface area (Å²) in [4.78, 5) is 0. The number of aliphatic hydroxyl groups is 1. The van der Waals surface area contributed by atoms with Crippen molar-refractivity contribution in [3.05, 3.63) is 22.4 Å². The van der Waals surface area contributed by atoms with Gasteiger partial charge in [0.05, 0.1) is 15.8 Å². The molecule has 1 unspecified atom stereocenters. The van der Waals surface area contributed by atoms with Crippen LogP contribution in [0.25, 0.3) is 0 Å². The smallest absolute Gasteiger partial charge is 0.139 e. The van der Waals surface area contributed by atoms with Crippen molar-refractivity contribution in [1.29, 1.82) is 0 Å². The number of benzene rings is 1. The Morgan fingerprint density at radius 3 is 2.87 bits per heavy atom. The lowest BCUT2D eigenvalue weighted by Gasteiger charge is -2.16. The van der Waals surface area contributed by atoms with E-state index in [-0.39, 0.29) is 18.5 Å². The number of anilines is 2. The first-order valence-electron chi connectivity index (χ1n) is 4.66. The molecule has 3 nitrogen and oxygen atoms in total. The van der Waals surface area contributed by atoms with Crippen molar-refractivity contribution >= 4 is 27.3 Å². The van der Waals surface area contributed by atoms with Crippen LogP contribution in [0.1, 0.15) is 13.3 Å². The van der Waals surface area contributed by atoms with Crippen molar-refractivity contribution in [3.63, 3.8) is 0 Å². The fourth-order valence-electron chi connectivity index (χ4n) is 1.22. The molecular formula is C10H14BrFN2O. The van der Waals surface area contributed by atoms with Crippen LogP contribution in [0.4, 0.5) is 15.8 Å². The lowest BCUT2D eigenvalue weighted by atomic mass is 10.2. The fourth-order valence-corrected chi connectivity index (χ4v) is 1.56. The third kappa shape index (κ3) is 3.35. The molecule has 15 heavy (non-hydrogen) atoms. The zero-order valence-electron chi connectivity index (χ0n) is 8.43. The highest BCUT2D eigenvalue weighted by atomic mass is 79.9. The molecule has 0 aromatic heterocycles. The second-order valence-corrected chi connectivity index (χ2v) is 4.27. The van der Waals surface area contributed by atoms with Gasteiger partial charge in [0.1, 0.15) is 5.82 Å². The Morgan fingerprint density at radius 1 is 1.60 bits per heavy atom. The number of hydrogen-bond acceptors (Lipinski definition) is 3. The minimum atomic E-state index is -0.382. The van der Waals surface area contributed by atoms with Crippen LogP contribution < -0.4 is 11.1 Å². The normalized spacial score (nSPS) is 12.5. The molecule has 0 amide bonds. The molecule has 0 fully saturated rings. The van der Waals surface area contributed by atoms with Gasteiger partial charge in [-0.1, -0.05) is 0 Å². The summed E-state index contributed by atoms with van der Waals surface area (Å²) in [5.74, 6) is -0.382. The molecule has 1 rings (SSSR count). The van der Waals surface area contributed by atoms with Crippen LogP contribution in [0.5, 0.6) is 0 Å². The molecular weight excluding hydrogens is 263 g/mol. The van der Waals surface area contributed by atoms with E-state index in [0.29, 0.717) is 22.3 Å². The van der Waals surface area contributed by atoms with E-state index >= 15 is 0 Å². The Morgan fingerprint density at radius 2 is 2.27 bits per heavy atom. The second kappa shape index (κ2) is 5.32. The number of nitrogens with one attached hydrogen (secondary N) is 1. The van der Waals surface area contributed by atoms with Gasteiger partial charge in [-0.2, -0.15) is 0 Å². The van der Waals surface area contributed by atoms with Crippen LogP contribution in [0, 0.1) is 5.82 Å². The minimum Gasteiger partial charge on any atom is -0.397 e. The molecule has 1 aromatic carbocycles. The van der Waals surface area contributed by atoms with E-state index in [1.54, 1.807) is 6.07 Å². The van der Waals surface area contributed by atoms with Gasteiger partial charge in [0.15, 0.2) is 0 Å². The average molecular weight is 277 g/mol.